The molecule has 0 spiro atoms. The van der Waals surface area contributed by atoms with Gasteiger partial charge in [-0.2, -0.15) is 17.5 Å². The zero-order valence-corrected chi connectivity index (χ0v) is 9.52. The number of halogens is 3. The summed E-state index contributed by atoms with van der Waals surface area (Å²) in [6, 6.07) is 0. The summed E-state index contributed by atoms with van der Waals surface area (Å²) in [4.78, 5) is 0. The van der Waals surface area contributed by atoms with Crippen LogP contribution in [-0.4, -0.2) is 37.9 Å². The molecule has 0 aromatic carbocycles. The number of sulfonamides is 1. The van der Waals surface area contributed by atoms with Gasteiger partial charge in [-0.25, -0.2) is 8.42 Å². The zero-order valence-electron chi connectivity index (χ0n) is 8.70. The maximum Gasteiger partial charge on any atom is 0.511 e. The summed E-state index contributed by atoms with van der Waals surface area (Å²) in [5.74, 6) is -0.0594. The third-order valence-corrected chi connectivity index (χ3v) is 4.29. The number of hydrogen-bond donors (Lipinski definition) is 1. The van der Waals surface area contributed by atoms with Crippen molar-refractivity contribution in [3.8, 4) is 0 Å². The largest absolute Gasteiger partial charge is 0.511 e. The lowest BCUT2D eigenvalue weighted by atomic mass is 9.96. The van der Waals surface area contributed by atoms with Crippen LogP contribution in [0.3, 0.4) is 0 Å². The minimum atomic E-state index is -5.20. The lowest BCUT2D eigenvalue weighted by Gasteiger charge is -2.32. The Kier molecular flexibility index (Phi) is 4.19. The van der Waals surface area contributed by atoms with Gasteiger partial charge in [-0.15, -0.1) is 0 Å². The predicted octanol–water partition coefficient (Wildman–Crippen LogP) is 0.897. The fourth-order valence-corrected chi connectivity index (χ4v) is 2.93. The molecule has 0 saturated carbocycles. The molecule has 0 bridgehead atoms. The molecule has 2 N–H and O–H groups in total. The first-order chi connectivity index (χ1) is 7.29. The molecule has 0 aromatic rings. The molecule has 1 saturated heterocycles. The highest BCUT2D eigenvalue weighted by molar-refractivity contribution is 7.90. The van der Waals surface area contributed by atoms with Crippen molar-refractivity contribution >= 4 is 10.0 Å². The molecule has 1 heterocycles. The van der Waals surface area contributed by atoms with Gasteiger partial charge in [-0.1, -0.05) is 0 Å². The van der Waals surface area contributed by atoms with E-state index in [0.717, 1.165) is 6.42 Å². The first kappa shape index (κ1) is 13.7. The van der Waals surface area contributed by atoms with Crippen LogP contribution in [0.5, 0.6) is 0 Å². The van der Waals surface area contributed by atoms with Gasteiger partial charge in [0.05, 0.1) is 0 Å². The zero-order chi connectivity index (χ0) is 12.4. The maximum absolute atomic E-state index is 12.3. The normalized spacial score (nSPS) is 24.6. The third-order valence-electron chi connectivity index (χ3n) is 2.69. The third kappa shape index (κ3) is 2.86. The molecule has 1 rings (SSSR count). The van der Waals surface area contributed by atoms with Gasteiger partial charge in [-0.3, -0.25) is 0 Å². The SMILES string of the molecule is NCCC1CCCN(S(=O)(=O)C(F)(F)F)C1. The minimum absolute atomic E-state index is 0.0527. The lowest BCUT2D eigenvalue weighted by Crippen LogP contribution is -2.46. The van der Waals surface area contributed by atoms with Crippen molar-refractivity contribution in [2.24, 2.45) is 11.7 Å². The summed E-state index contributed by atoms with van der Waals surface area (Å²) in [5, 5.41) is 0. The van der Waals surface area contributed by atoms with Crippen molar-refractivity contribution in [2.45, 2.75) is 24.8 Å². The highest BCUT2D eigenvalue weighted by Crippen LogP contribution is 2.30. The Hall–Kier alpha value is -0.340. The van der Waals surface area contributed by atoms with E-state index in [1.165, 1.54) is 0 Å². The Labute approximate surface area is 92.6 Å². The van der Waals surface area contributed by atoms with Gasteiger partial charge in [0.1, 0.15) is 0 Å². The Morgan fingerprint density at radius 1 is 1.38 bits per heavy atom. The summed E-state index contributed by atoms with van der Waals surface area (Å²) in [6.07, 6.45) is 1.75. The Morgan fingerprint density at radius 2 is 2.00 bits per heavy atom. The second-order valence-electron chi connectivity index (χ2n) is 3.89. The molecule has 1 unspecified atom stereocenters. The number of hydrogen-bond acceptors (Lipinski definition) is 3. The molecule has 1 fully saturated rings. The van der Waals surface area contributed by atoms with Gasteiger partial charge < -0.3 is 5.73 Å². The average Bonchev–Trinajstić information content (AvgIpc) is 2.17. The van der Waals surface area contributed by atoms with E-state index in [2.05, 4.69) is 0 Å². The van der Waals surface area contributed by atoms with Gasteiger partial charge in [0, 0.05) is 13.1 Å². The number of nitrogens with zero attached hydrogens (tertiary/aromatic N) is 1. The van der Waals surface area contributed by atoms with Crippen molar-refractivity contribution in [3.63, 3.8) is 0 Å². The number of nitrogens with two attached hydrogens (primary N) is 1. The van der Waals surface area contributed by atoms with Crippen LogP contribution in [0.25, 0.3) is 0 Å². The summed E-state index contributed by atoms with van der Waals surface area (Å²) in [5.41, 5.74) is 0.113. The van der Waals surface area contributed by atoms with Crippen LogP contribution in [0.15, 0.2) is 0 Å². The van der Waals surface area contributed by atoms with Crippen molar-refractivity contribution in [3.05, 3.63) is 0 Å². The van der Waals surface area contributed by atoms with E-state index in [4.69, 9.17) is 5.73 Å². The highest BCUT2D eigenvalue weighted by atomic mass is 32.2. The molecular weight excluding hydrogens is 245 g/mol. The molecule has 16 heavy (non-hydrogen) atoms. The molecule has 0 radical (unpaired) electrons. The van der Waals surface area contributed by atoms with Gasteiger partial charge in [0.15, 0.2) is 0 Å². The van der Waals surface area contributed by atoms with Crippen molar-refractivity contribution in [1.29, 1.82) is 0 Å². The first-order valence-corrected chi connectivity index (χ1v) is 6.49. The molecule has 4 nitrogen and oxygen atoms in total. The molecule has 8 heteroatoms. The number of rotatable bonds is 3. The molecule has 0 aliphatic carbocycles. The van der Waals surface area contributed by atoms with Crippen molar-refractivity contribution in [2.75, 3.05) is 19.6 Å². The van der Waals surface area contributed by atoms with Gasteiger partial charge >= 0.3 is 15.5 Å². The van der Waals surface area contributed by atoms with E-state index < -0.39 is 15.5 Å². The van der Waals surface area contributed by atoms with Crippen LogP contribution in [0.2, 0.25) is 0 Å². The van der Waals surface area contributed by atoms with Crippen molar-refractivity contribution < 1.29 is 21.6 Å². The van der Waals surface area contributed by atoms with Gasteiger partial charge in [0.25, 0.3) is 0 Å². The molecular formula is C8H15F3N2O2S. The summed E-state index contributed by atoms with van der Waals surface area (Å²) in [6.45, 7) is 0.243. The molecule has 1 aliphatic heterocycles. The van der Waals surface area contributed by atoms with E-state index >= 15 is 0 Å². The van der Waals surface area contributed by atoms with Crippen LogP contribution in [0, 0.1) is 5.92 Å². The summed E-state index contributed by atoms with van der Waals surface area (Å²) >= 11 is 0. The molecule has 0 amide bonds. The van der Waals surface area contributed by atoms with Gasteiger partial charge in [-0.05, 0) is 31.7 Å². The van der Waals surface area contributed by atoms with E-state index in [9.17, 15) is 21.6 Å². The Balaban J connectivity index is 2.74. The second-order valence-corrected chi connectivity index (χ2v) is 5.82. The predicted molar refractivity (Wildman–Crippen MR) is 52.9 cm³/mol. The smallest absolute Gasteiger partial charge is 0.330 e. The number of piperidine rings is 1. The van der Waals surface area contributed by atoms with E-state index in [1.54, 1.807) is 0 Å². The average molecular weight is 260 g/mol. The van der Waals surface area contributed by atoms with Crippen LogP contribution in [0.4, 0.5) is 13.2 Å². The highest BCUT2D eigenvalue weighted by Gasteiger charge is 2.50. The van der Waals surface area contributed by atoms with Crippen molar-refractivity contribution in [1.82, 2.24) is 4.31 Å². The summed E-state index contributed by atoms with van der Waals surface area (Å²) < 4.78 is 59.6. The van der Waals surface area contributed by atoms with Crippen LogP contribution >= 0.6 is 0 Å². The monoisotopic (exact) mass is 260 g/mol. The Morgan fingerprint density at radius 3 is 2.50 bits per heavy atom. The lowest BCUT2D eigenvalue weighted by molar-refractivity contribution is -0.0499. The van der Waals surface area contributed by atoms with E-state index in [-0.39, 0.29) is 19.0 Å². The summed E-state index contributed by atoms with van der Waals surface area (Å²) in [7, 11) is -5.16. The molecule has 0 aromatic heterocycles. The quantitative estimate of drug-likeness (QED) is 0.820. The second kappa shape index (κ2) is 4.89. The molecule has 96 valence electrons. The standard InChI is InChI=1S/C8H15F3N2O2S/c9-8(10,11)16(14,15)13-5-1-2-7(6-13)3-4-12/h7H,1-6,12H2. The molecule has 1 aliphatic rings. The number of alkyl halides is 3. The topological polar surface area (TPSA) is 63.4 Å². The van der Waals surface area contributed by atoms with Gasteiger partial charge in [0.2, 0.25) is 0 Å². The first-order valence-electron chi connectivity index (χ1n) is 5.05. The fourth-order valence-electron chi connectivity index (χ4n) is 1.86. The Bertz CT molecular complexity index is 327. The molecule has 1 atom stereocenters. The van der Waals surface area contributed by atoms with E-state index in [0.29, 0.717) is 23.7 Å². The van der Waals surface area contributed by atoms with E-state index in [1.807, 2.05) is 0 Å². The fraction of sp³-hybridized carbons (Fsp3) is 1.00. The van der Waals surface area contributed by atoms with Crippen LogP contribution < -0.4 is 5.73 Å². The van der Waals surface area contributed by atoms with Crippen LogP contribution in [-0.2, 0) is 10.0 Å². The van der Waals surface area contributed by atoms with Crippen LogP contribution in [0.1, 0.15) is 19.3 Å². The maximum atomic E-state index is 12.3. The minimum Gasteiger partial charge on any atom is -0.330 e.